The summed E-state index contributed by atoms with van der Waals surface area (Å²) in [5, 5.41) is 0.707. The molecule has 0 saturated carbocycles. The number of aromatic nitrogens is 3. The van der Waals surface area contributed by atoms with Gasteiger partial charge in [0, 0.05) is 16.9 Å². The molecule has 0 amide bonds. The van der Waals surface area contributed by atoms with Gasteiger partial charge in [-0.1, -0.05) is 120 Å². The highest BCUT2D eigenvalue weighted by atomic mass is 32.2. The second-order valence-corrected chi connectivity index (χ2v) is 15.5. The number of unbranched alkanes of at least 4 members (excludes halogenated alkanes) is 12. The number of nitrogens with one attached hydrogen (secondary N) is 1. The van der Waals surface area contributed by atoms with Gasteiger partial charge in [-0.15, -0.1) is 0 Å². The third-order valence-corrected chi connectivity index (χ3v) is 10.3. The van der Waals surface area contributed by atoms with Gasteiger partial charge in [0.15, 0.2) is 5.16 Å². The van der Waals surface area contributed by atoms with Crippen LogP contribution in [0.2, 0.25) is 0 Å². The minimum absolute atomic E-state index is 0.140. The van der Waals surface area contributed by atoms with Crippen molar-refractivity contribution in [2.45, 2.75) is 155 Å². The van der Waals surface area contributed by atoms with Crippen LogP contribution in [0.4, 0.5) is 0 Å². The summed E-state index contributed by atoms with van der Waals surface area (Å²) in [4.78, 5) is 40.9. The number of thioether (sulfide) groups is 1. The van der Waals surface area contributed by atoms with E-state index in [9.17, 15) is 9.59 Å². The number of H-pyrrole nitrogens is 1. The SMILES string of the molecule is CCCCCCCCCCCCCCCc1cccc(OC(C)C)c1-c1c(C(=O)OC)c(C)nc(CSc2nc3ccccc3[nH]2)c1C(=O)OC(C)C. The Morgan fingerprint density at radius 2 is 1.38 bits per heavy atom. The lowest BCUT2D eigenvalue weighted by molar-refractivity contribution is 0.0377. The Bertz CT molecular complexity index is 1730. The molecule has 2 aromatic carbocycles. The second-order valence-electron chi connectivity index (χ2n) is 14.5. The molecule has 0 bridgehead atoms. The van der Waals surface area contributed by atoms with Crippen LogP contribution in [0.5, 0.6) is 5.75 Å². The number of fused-ring (bicyclic) bond motifs is 1. The smallest absolute Gasteiger partial charge is 0.340 e. The van der Waals surface area contributed by atoms with E-state index in [1.807, 2.05) is 64.1 Å². The molecule has 0 fully saturated rings. The highest BCUT2D eigenvalue weighted by Crippen LogP contribution is 2.42. The molecule has 0 atom stereocenters. The lowest BCUT2D eigenvalue weighted by atomic mass is 9.87. The summed E-state index contributed by atoms with van der Waals surface area (Å²) in [6.07, 6.45) is 16.8. The summed E-state index contributed by atoms with van der Waals surface area (Å²) in [5.74, 6) is -0.179. The summed E-state index contributed by atoms with van der Waals surface area (Å²) in [7, 11) is 1.36. The Morgan fingerprint density at radius 3 is 1.98 bits per heavy atom. The number of methoxy groups -OCH3 is 1. The molecule has 0 aliphatic rings. The Morgan fingerprint density at radius 1 is 0.736 bits per heavy atom. The molecule has 53 heavy (non-hydrogen) atoms. The van der Waals surface area contributed by atoms with Gasteiger partial charge >= 0.3 is 11.9 Å². The molecule has 2 heterocycles. The average molecular weight is 744 g/mol. The number of ether oxygens (including phenoxy) is 3. The third kappa shape index (κ3) is 12.3. The molecule has 0 saturated heterocycles. The molecule has 0 unspecified atom stereocenters. The van der Waals surface area contributed by atoms with Crippen LogP contribution in [0.25, 0.3) is 22.2 Å². The van der Waals surface area contributed by atoms with E-state index in [4.69, 9.17) is 24.2 Å². The Labute approximate surface area is 321 Å². The maximum absolute atomic E-state index is 14.2. The number of benzene rings is 2. The minimum Gasteiger partial charge on any atom is -0.490 e. The Kier molecular flexibility index (Phi) is 17.2. The zero-order valence-electron chi connectivity index (χ0n) is 33.1. The first-order chi connectivity index (χ1) is 25.6. The summed E-state index contributed by atoms with van der Waals surface area (Å²) in [6, 6.07) is 13.8. The third-order valence-electron chi connectivity index (χ3n) is 9.38. The molecule has 4 aromatic rings. The van der Waals surface area contributed by atoms with Gasteiger partial charge in [0.25, 0.3) is 0 Å². The number of pyridine rings is 1. The van der Waals surface area contributed by atoms with Crippen molar-refractivity contribution in [3.8, 4) is 16.9 Å². The molecule has 288 valence electrons. The maximum atomic E-state index is 14.2. The van der Waals surface area contributed by atoms with Gasteiger partial charge in [-0.05, 0) is 71.2 Å². The lowest BCUT2D eigenvalue weighted by Gasteiger charge is -2.24. The van der Waals surface area contributed by atoms with Crippen LogP contribution in [-0.2, 0) is 21.6 Å². The van der Waals surface area contributed by atoms with E-state index >= 15 is 0 Å². The van der Waals surface area contributed by atoms with Crippen molar-refractivity contribution in [3.05, 3.63) is 70.5 Å². The maximum Gasteiger partial charge on any atom is 0.340 e. The van der Waals surface area contributed by atoms with Crippen molar-refractivity contribution in [3.63, 3.8) is 0 Å². The van der Waals surface area contributed by atoms with E-state index in [1.165, 1.54) is 89.5 Å². The van der Waals surface area contributed by atoms with Crippen molar-refractivity contribution in [1.29, 1.82) is 0 Å². The number of hydrogen-bond acceptors (Lipinski definition) is 8. The van der Waals surface area contributed by atoms with Gasteiger partial charge in [-0.2, -0.15) is 0 Å². The van der Waals surface area contributed by atoms with Gasteiger partial charge in [-0.3, -0.25) is 4.98 Å². The van der Waals surface area contributed by atoms with Crippen LogP contribution in [-0.4, -0.2) is 46.2 Å². The van der Waals surface area contributed by atoms with Crippen LogP contribution < -0.4 is 4.74 Å². The molecule has 8 nitrogen and oxygen atoms in total. The number of esters is 2. The first-order valence-electron chi connectivity index (χ1n) is 19.8. The van der Waals surface area contributed by atoms with Crippen molar-refractivity contribution in [2.75, 3.05) is 7.11 Å². The number of para-hydroxylation sites is 2. The van der Waals surface area contributed by atoms with Crippen LogP contribution in [0.15, 0.2) is 47.6 Å². The fourth-order valence-corrected chi connectivity index (χ4v) is 7.68. The number of rotatable bonds is 23. The Hall–Kier alpha value is -3.85. The van der Waals surface area contributed by atoms with E-state index in [2.05, 4.69) is 18.0 Å². The number of aromatic amines is 1. The number of hydrogen-bond donors (Lipinski definition) is 1. The van der Waals surface area contributed by atoms with Crippen LogP contribution in [0.3, 0.4) is 0 Å². The van der Waals surface area contributed by atoms with Crippen molar-refractivity contribution < 1.29 is 23.8 Å². The number of nitrogens with zero attached hydrogens (tertiary/aromatic N) is 2. The number of imidazole rings is 1. The molecule has 0 radical (unpaired) electrons. The molecule has 1 N–H and O–H groups in total. The average Bonchev–Trinajstić information content (AvgIpc) is 3.55. The van der Waals surface area contributed by atoms with Gasteiger partial charge in [0.1, 0.15) is 5.75 Å². The monoisotopic (exact) mass is 743 g/mol. The van der Waals surface area contributed by atoms with Gasteiger partial charge < -0.3 is 19.2 Å². The van der Waals surface area contributed by atoms with Gasteiger partial charge in [0.05, 0.1) is 52.9 Å². The van der Waals surface area contributed by atoms with Gasteiger partial charge in [0.2, 0.25) is 0 Å². The summed E-state index contributed by atoms with van der Waals surface area (Å²) in [5.41, 5.74) is 5.44. The highest BCUT2D eigenvalue weighted by molar-refractivity contribution is 7.98. The summed E-state index contributed by atoms with van der Waals surface area (Å²) in [6.45, 7) is 11.7. The largest absolute Gasteiger partial charge is 0.490 e. The molecule has 9 heteroatoms. The summed E-state index contributed by atoms with van der Waals surface area (Å²) < 4.78 is 17.7. The molecular formula is C44H61N3O5S. The van der Waals surface area contributed by atoms with Crippen molar-refractivity contribution >= 4 is 34.7 Å². The molecule has 4 rings (SSSR count). The topological polar surface area (TPSA) is 103 Å². The molecule has 2 aromatic heterocycles. The van der Waals surface area contributed by atoms with Gasteiger partial charge in [-0.25, -0.2) is 14.6 Å². The van der Waals surface area contributed by atoms with Crippen LogP contribution >= 0.6 is 11.8 Å². The normalized spacial score (nSPS) is 11.5. The first-order valence-corrected chi connectivity index (χ1v) is 20.8. The predicted octanol–water partition coefficient (Wildman–Crippen LogP) is 12.0. The lowest BCUT2D eigenvalue weighted by Crippen LogP contribution is -2.21. The van der Waals surface area contributed by atoms with E-state index < -0.39 is 11.9 Å². The van der Waals surface area contributed by atoms with E-state index in [0.717, 1.165) is 41.4 Å². The fraction of sp³-hybridized carbons (Fsp3) is 0.545. The van der Waals surface area contributed by atoms with Crippen LogP contribution in [0, 0.1) is 6.92 Å². The minimum atomic E-state index is -0.564. The van der Waals surface area contributed by atoms with Crippen molar-refractivity contribution in [1.82, 2.24) is 15.0 Å². The first kappa shape index (κ1) is 41.9. The van der Waals surface area contributed by atoms with E-state index in [0.29, 0.717) is 33.6 Å². The molecular weight excluding hydrogens is 683 g/mol. The number of carbonyl (C=O) groups is 2. The predicted molar refractivity (Wildman–Crippen MR) is 217 cm³/mol. The molecule has 0 aliphatic carbocycles. The Balaban J connectivity index is 1.66. The number of carbonyl (C=O) groups excluding carboxylic acids is 2. The van der Waals surface area contributed by atoms with Crippen LogP contribution in [0.1, 0.15) is 156 Å². The summed E-state index contributed by atoms with van der Waals surface area (Å²) >= 11 is 1.45. The molecule has 0 spiro atoms. The molecule has 0 aliphatic heterocycles. The van der Waals surface area contributed by atoms with Crippen molar-refractivity contribution in [2.24, 2.45) is 0 Å². The number of aryl methyl sites for hydroxylation is 2. The quantitative estimate of drug-likeness (QED) is 0.0455. The second kappa shape index (κ2) is 21.8. The zero-order valence-corrected chi connectivity index (χ0v) is 34.0. The zero-order chi connectivity index (χ0) is 38.2. The highest BCUT2D eigenvalue weighted by Gasteiger charge is 2.32. The van der Waals surface area contributed by atoms with E-state index in [1.54, 1.807) is 6.92 Å². The fourth-order valence-electron chi connectivity index (χ4n) is 6.85. The van der Waals surface area contributed by atoms with E-state index in [-0.39, 0.29) is 23.3 Å². The standard InChI is InChI=1S/C44H61N3O5S/c1-8-9-10-11-12-13-14-15-16-17-18-19-20-24-33-25-23-28-37(51-30(2)3)39(33)41-38(42(48)50-7)32(6)45-36(40(41)43(49)52-31(4)5)29-53-44-46-34-26-21-22-27-35(34)47-44/h21-23,25-28,30-31H,8-20,24,29H2,1-7H3,(H,46,47).